The summed E-state index contributed by atoms with van der Waals surface area (Å²) in [5.74, 6) is 5.11. The van der Waals surface area contributed by atoms with Gasteiger partial charge in [-0.3, -0.25) is 57.1 Å². The second-order valence-corrected chi connectivity index (χ2v) is 36.7. The van der Waals surface area contributed by atoms with Crippen LogP contribution in [0.2, 0.25) is 0 Å². The van der Waals surface area contributed by atoms with Gasteiger partial charge in [0.2, 0.25) is 0 Å². The van der Waals surface area contributed by atoms with E-state index in [1.54, 1.807) is 0 Å². The topological polar surface area (TPSA) is 186 Å². The van der Waals surface area contributed by atoms with E-state index < -0.39 is 0 Å². The molecular weight excluding hydrogens is 1500 g/mol. The van der Waals surface area contributed by atoms with Crippen LogP contribution < -0.4 is 35.6 Å². The maximum atomic E-state index is 5.15. The van der Waals surface area contributed by atoms with Crippen molar-refractivity contribution in [2.24, 2.45) is 0 Å². The van der Waals surface area contributed by atoms with Crippen LogP contribution in [0.25, 0.3) is 22.6 Å². The molecule has 2 saturated carbocycles. The van der Waals surface area contributed by atoms with Gasteiger partial charge >= 0.3 is 0 Å². The molecule has 0 aromatic carbocycles. The molecule has 8 aliphatic heterocycles. The van der Waals surface area contributed by atoms with Crippen LogP contribution in [0.4, 0.5) is 23.3 Å². The first-order chi connectivity index (χ1) is 59.1. The number of rotatable bonds is 12. The molecule has 24 nitrogen and oxygen atoms in total. The fourth-order valence-electron chi connectivity index (χ4n) is 21.6. The van der Waals surface area contributed by atoms with Crippen LogP contribution in [-0.2, 0) is 0 Å². The zero-order valence-corrected chi connectivity index (χ0v) is 72.9. The van der Waals surface area contributed by atoms with Crippen LogP contribution in [0.5, 0.6) is 0 Å². The van der Waals surface area contributed by atoms with Crippen molar-refractivity contribution < 1.29 is 0 Å². The third-order valence-corrected chi connectivity index (χ3v) is 29.0. The number of piperidine rings is 4. The summed E-state index contributed by atoms with van der Waals surface area (Å²) < 4.78 is 9.21. The number of aryl methyl sites for hydroxylation is 4. The standard InChI is InChI=1S/C26H34N6.C25H32N6.2C23H30N6/c1-19-7-6-14-27-25(19)22-9-4-8-21(30(22)3)20-17-32-23(28-20)10-5-11-24(32)31-16-15-29(2)26(18-31)12-13-26;1-18-6-5-13-26-24(18)21-8-3-7-20(29(21)2)19-16-31-22(28-19)9-4-10-23(31)30-15-14-27-25(17-30)11-12-25;1-17-7-6-11-25-21(17)18-8-5-9-19(27(18)2)22-23(28-15-12-24-13-16-28)29-14-4-3-10-20(29)26-22;1-17-7-6-11-24-21(17)18-8-5-9-19(25-18)22-23(28-15-13-27(2)14-16-28)29-12-4-3-10-20(29)26-22/h5-7,10-11,14,17,21-22H,4,8-9,12-13,15-16,18H2,1-3H3;4-6,9-10,13,16,20-21,27H,3,7-8,11-12,14-15,17H2,1-2H3;3-4,6-7,10-11,14,18-19,24H,5,8-9,12-13,15-16H2,1-2H3;3-4,6-7,10-12,18-19,25H,5,8-9,13-16H2,1-2H3/t21-,22+;20-,21+;2*18-,19+/m1100/s1. The summed E-state index contributed by atoms with van der Waals surface area (Å²) in [7, 11) is 11.3. The number of fused-ring (bicyclic) bond motifs is 4. The van der Waals surface area contributed by atoms with Crippen molar-refractivity contribution in [3.05, 3.63) is 239 Å². The lowest BCUT2D eigenvalue weighted by atomic mass is 9.90. The average Bonchev–Trinajstić information content (AvgIpc) is 1.61. The van der Waals surface area contributed by atoms with E-state index in [9.17, 15) is 0 Å². The highest BCUT2D eigenvalue weighted by atomic mass is 15.4. The van der Waals surface area contributed by atoms with Gasteiger partial charge in [0.15, 0.2) is 0 Å². The van der Waals surface area contributed by atoms with Gasteiger partial charge in [-0.15, -0.1) is 0 Å². The van der Waals surface area contributed by atoms with Crippen LogP contribution in [0.15, 0.2) is 171 Å². The minimum Gasteiger partial charge on any atom is -0.355 e. The molecule has 12 aromatic heterocycles. The van der Waals surface area contributed by atoms with E-state index in [0.29, 0.717) is 53.4 Å². The normalized spacial score (nSPS) is 24.9. The Morgan fingerprint density at radius 1 is 0.347 bits per heavy atom. The number of hydrogen-bond acceptors (Lipinski definition) is 20. The Bertz CT molecular complexity index is 5570. The monoisotopic (exact) mass is 1630 g/mol. The highest BCUT2D eigenvalue weighted by molar-refractivity contribution is 5.61. The molecule has 20 heterocycles. The molecule has 8 atom stereocenters. The third-order valence-electron chi connectivity index (χ3n) is 29.0. The summed E-state index contributed by atoms with van der Waals surface area (Å²) in [6, 6.07) is 45.1. The van der Waals surface area contributed by atoms with E-state index in [4.69, 9.17) is 34.9 Å². The van der Waals surface area contributed by atoms with Crippen LogP contribution in [0.1, 0.15) is 219 Å². The number of piperazine rings is 4. The fourth-order valence-corrected chi connectivity index (χ4v) is 21.6. The van der Waals surface area contributed by atoms with E-state index in [2.05, 4.69) is 267 Å². The number of anilines is 4. The number of likely N-dealkylation sites (tertiary alicyclic amines) is 3. The van der Waals surface area contributed by atoms with Crippen LogP contribution in [0.3, 0.4) is 0 Å². The molecule has 0 radical (unpaired) electrons. The Balaban J connectivity index is 0.000000107. The summed E-state index contributed by atoms with van der Waals surface area (Å²) in [6.07, 6.45) is 35.8. The second-order valence-electron chi connectivity index (χ2n) is 36.7. The summed E-state index contributed by atoms with van der Waals surface area (Å²) in [5, 5.41) is 11.1. The first-order valence-electron chi connectivity index (χ1n) is 45.5. The van der Waals surface area contributed by atoms with Crippen molar-refractivity contribution in [1.82, 2.24) is 97.9 Å². The van der Waals surface area contributed by atoms with Crippen molar-refractivity contribution in [1.29, 1.82) is 0 Å². The van der Waals surface area contributed by atoms with Crippen molar-refractivity contribution in [3.63, 3.8) is 0 Å². The Labute approximate surface area is 714 Å². The second kappa shape index (κ2) is 34.9. The maximum absolute atomic E-state index is 5.15. The highest BCUT2D eigenvalue weighted by Gasteiger charge is 2.50. The van der Waals surface area contributed by atoms with Gasteiger partial charge in [0.25, 0.3) is 0 Å². The Hall–Kier alpha value is -9.76. The van der Waals surface area contributed by atoms with Gasteiger partial charge < -0.3 is 40.4 Å². The molecule has 0 unspecified atom stereocenters. The molecule has 2 aliphatic carbocycles. The van der Waals surface area contributed by atoms with Crippen molar-refractivity contribution in [2.75, 3.05) is 146 Å². The van der Waals surface area contributed by atoms with Crippen LogP contribution in [-0.4, -0.2) is 220 Å². The van der Waals surface area contributed by atoms with E-state index in [-0.39, 0.29) is 6.04 Å². The molecule has 634 valence electrons. The molecule has 121 heavy (non-hydrogen) atoms. The molecular formula is C97H126N24. The molecule has 22 rings (SSSR count). The lowest BCUT2D eigenvalue weighted by Gasteiger charge is -2.41. The van der Waals surface area contributed by atoms with Crippen molar-refractivity contribution in [3.8, 4) is 0 Å². The molecule has 10 aliphatic rings. The molecule has 0 bridgehead atoms. The Morgan fingerprint density at radius 2 is 0.760 bits per heavy atom. The first-order valence-corrected chi connectivity index (χ1v) is 45.5. The van der Waals surface area contributed by atoms with Gasteiger partial charge in [0, 0.05) is 152 Å². The van der Waals surface area contributed by atoms with Crippen LogP contribution >= 0.6 is 0 Å². The summed E-state index contributed by atoms with van der Waals surface area (Å²) in [6.45, 7) is 23.6. The van der Waals surface area contributed by atoms with E-state index in [0.717, 1.165) is 166 Å². The van der Waals surface area contributed by atoms with E-state index in [1.807, 2.05) is 49.1 Å². The average molecular weight is 1630 g/mol. The summed E-state index contributed by atoms with van der Waals surface area (Å²) in [5.41, 5.74) is 19.7. The van der Waals surface area contributed by atoms with Crippen LogP contribution in [0, 0.1) is 27.7 Å². The van der Waals surface area contributed by atoms with E-state index in [1.165, 1.54) is 142 Å². The van der Waals surface area contributed by atoms with Gasteiger partial charge in [0.05, 0.1) is 82.5 Å². The zero-order valence-electron chi connectivity index (χ0n) is 72.9. The molecule has 24 heteroatoms. The van der Waals surface area contributed by atoms with Gasteiger partial charge in [-0.25, -0.2) is 19.9 Å². The predicted molar refractivity (Wildman–Crippen MR) is 484 cm³/mol. The molecule has 3 N–H and O–H groups in total. The SMILES string of the molecule is Cc1cccnc1[C@@H]1CCC[C@H](c2cn3c(N4CCN(C)C5(CC5)C4)cccc3n2)N1C.Cc1cccnc1[C@@H]1CCC[C@H](c2cn3c(N4CCNC5(CC5)C4)cccc3n2)N1C.Cc1cccnc1[C@@H]1CCC[C@H](c2nc3ccccn3c2N2CCN(C)CC2)N1.Cc1cccnc1[C@@H]1CCC[C@H](c2nc3ccccn3c2N2CCNCC2)N1C. The third kappa shape index (κ3) is 16.4. The highest BCUT2D eigenvalue weighted by Crippen LogP contribution is 2.49. The smallest absolute Gasteiger partial charge is 0.138 e. The Kier molecular flexibility index (Phi) is 23.3. The number of aromatic nitrogens is 12. The van der Waals surface area contributed by atoms with Gasteiger partial charge in [-0.05, 0) is 261 Å². The molecule has 0 amide bonds. The van der Waals surface area contributed by atoms with Gasteiger partial charge in [-0.2, -0.15) is 0 Å². The quantitative estimate of drug-likeness (QED) is 0.105. The van der Waals surface area contributed by atoms with Gasteiger partial charge in [0.1, 0.15) is 57.2 Å². The zero-order chi connectivity index (χ0) is 82.5. The number of likely N-dealkylation sites (N-methyl/N-ethyl adjacent to an activating group) is 2. The number of imidazole rings is 4. The molecule has 10 fully saturated rings. The summed E-state index contributed by atoms with van der Waals surface area (Å²) >= 11 is 0. The minimum atomic E-state index is 0.254. The Morgan fingerprint density at radius 3 is 1.26 bits per heavy atom. The van der Waals surface area contributed by atoms with Crippen molar-refractivity contribution in [2.45, 2.75) is 190 Å². The molecule has 2 spiro atoms. The van der Waals surface area contributed by atoms with E-state index >= 15 is 0 Å². The van der Waals surface area contributed by atoms with Crippen molar-refractivity contribution >= 4 is 45.9 Å². The number of hydrogen-bond donors (Lipinski definition) is 3. The maximum Gasteiger partial charge on any atom is 0.138 e. The minimum absolute atomic E-state index is 0.254. The molecule has 12 aromatic rings. The lowest BCUT2D eigenvalue weighted by Crippen LogP contribution is -2.53. The summed E-state index contributed by atoms with van der Waals surface area (Å²) in [4.78, 5) is 62.1. The number of nitrogens with zero attached hydrogens (tertiary/aromatic N) is 21. The lowest BCUT2D eigenvalue weighted by molar-refractivity contribution is 0.109. The number of nitrogens with one attached hydrogen (secondary N) is 3. The fraction of sp³-hybridized carbons (Fsp3) is 0.505. The predicted octanol–water partition coefficient (Wildman–Crippen LogP) is 14.8. The number of pyridine rings is 8. The van der Waals surface area contributed by atoms with Gasteiger partial charge in [-0.1, -0.05) is 48.5 Å². The molecule has 8 saturated heterocycles. The first kappa shape index (κ1) is 80.9. The largest absolute Gasteiger partial charge is 0.355 e.